The summed E-state index contributed by atoms with van der Waals surface area (Å²) < 4.78 is 34.7. The molecule has 0 bridgehead atoms. The molecule has 0 aliphatic rings. The van der Waals surface area contributed by atoms with Crippen LogP contribution in [0.3, 0.4) is 0 Å². The molecule has 9 heteroatoms. The molecule has 0 aliphatic heterocycles. The average molecular weight is 642 g/mol. The minimum absolute atomic E-state index is 0.0186. The molecule has 0 fully saturated rings. The highest BCUT2D eigenvalue weighted by Crippen LogP contribution is 2.27. The van der Waals surface area contributed by atoms with Crippen molar-refractivity contribution in [2.45, 2.75) is 57.5 Å². The summed E-state index contributed by atoms with van der Waals surface area (Å²) in [4.78, 5) is 29.9. The lowest BCUT2D eigenvalue weighted by Gasteiger charge is -2.34. The van der Waals surface area contributed by atoms with E-state index < -0.39 is 28.5 Å². The van der Waals surface area contributed by atoms with Gasteiger partial charge in [0, 0.05) is 19.5 Å². The van der Waals surface area contributed by atoms with Crippen LogP contribution in [0.5, 0.6) is 5.75 Å². The van der Waals surface area contributed by atoms with Gasteiger partial charge < -0.3 is 15.0 Å². The fourth-order valence-corrected chi connectivity index (χ4v) is 6.60. The third-order valence-corrected chi connectivity index (χ3v) is 9.57. The van der Waals surface area contributed by atoms with Gasteiger partial charge in [-0.15, -0.1) is 0 Å². The van der Waals surface area contributed by atoms with E-state index in [4.69, 9.17) is 4.74 Å². The van der Waals surface area contributed by atoms with Gasteiger partial charge in [-0.1, -0.05) is 91.2 Å². The maximum atomic E-state index is 14.5. The molecule has 0 heterocycles. The summed E-state index contributed by atoms with van der Waals surface area (Å²) in [6, 6.07) is 29.5. The summed E-state index contributed by atoms with van der Waals surface area (Å²) >= 11 is 0. The quantitative estimate of drug-likeness (QED) is 0.159. The van der Waals surface area contributed by atoms with E-state index in [-0.39, 0.29) is 23.8 Å². The van der Waals surface area contributed by atoms with Crippen LogP contribution in [0.15, 0.2) is 108 Å². The molecule has 1 N–H and O–H groups in total. The monoisotopic (exact) mass is 641 g/mol. The number of carbonyl (C=O) groups excluding carboxylic acids is 2. The molecule has 46 heavy (non-hydrogen) atoms. The van der Waals surface area contributed by atoms with E-state index in [0.717, 1.165) is 39.4 Å². The maximum absolute atomic E-state index is 14.5. The SMILES string of the molecule is CCCCNC(=O)[C@@H](Cc1ccccc1)N(Cc1cccc(C)c1)C(=O)CN(c1ccc(C)cc1)S(=O)(=O)c1ccc(OC)cc1. The zero-order valence-corrected chi connectivity index (χ0v) is 27.8. The molecule has 2 amide bonds. The Kier molecular flexibility index (Phi) is 12.0. The molecule has 0 unspecified atom stereocenters. The summed E-state index contributed by atoms with van der Waals surface area (Å²) in [6.07, 6.45) is 1.98. The lowest BCUT2D eigenvalue weighted by Crippen LogP contribution is -2.53. The minimum Gasteiger partial charge on any atom is -0.497 e. The van der Waals surface area contributed by atoms with Crippen LogP contribution in [-0.2, 0) is 32.6 Å². The molecule has 0 saturated carbocycles. The lowest BCUT2D eigenvalue weighted by atomic mass is 10.0. The first-order valence-electron chi connectivity index (χ1n) is 15.5. The third-order valence-electron chi connectivity index (χ3n) is 7.78. The Morgan fingerprint density at radius 1 is 0.826 bits per heavy atom. The number of methoxy groups -OCH3 is 1. The highest BCUT2D eigenvalue weighted by molar-refractivity contribution is 7.92. The minimum atomic E-state index is -4.19. The van der Waals surface area contributed by atoms with Crippen molar-refractivity contribution >= 4 is 27.5 Å². The zero-order valence-electron chi connectivity index (χ0n) is 27.0. The fourth-order valence-electron chi connectivity index (χ4n) is 5.18. The number of unbranched alkanes of at least 4 members (excludes halogenated alkanes) is 1. The van der Waals surface area contributed by atoms with Crippen molar-refractivity contribution in [1.82, 2.24) is 10.2 Å². The Labute approximate surface area is 273 Å². The molecule has 0 aromatic heterocycles. The fraction of sp³-hybridized carbons (Fsp3) is 0.297. The number of amides is 2. The molecule has 8 nitrogen and oxygen atoms in total. The molecule has 0 saturated heterocycles. The van der Waals surface area contributed by atoms with Gasteiger partial charge in [-0.25, -0.2) is 8.42 Å². The summed E-state index contributed by atoms with van der Waals surface area (Å²) in [7, 11) is -2.68. The molecule has 1 atom stereocenters. The van der Waals surface area contributed by atoms with Crippen LogP contribution in [0.4, 0.5) is 5.69 Å². The van der Waals surface area contributed by atoms with Gasteiger partial charge in [0.2, 0.25) is 11.8 Å². The second-order valence-corrected chi connectivity index (χ2v) is 13.2. The summed E-state index contributed by atoms with van der Waals surface area (Å²) in [5, 5.41) is 3.02. The number of sulfonamides is 1. The van der Waals surface area contributed by atoms with Crippen LogP contribution in [0.25, 0.3) is 0 Å². The molecule has 0 spiro atoms. The van der Waals surface area contributed by atoms with E-state index >= 15 is 0 Å². The predicted molar refractivity (Wildman–Crippen MR) is 182 cm³/mol. The highest BCUT2D eigenvalue weighted by Gasteiger charge is 2.34. The van der Waals surface area contributed by atoms with Gasteiger partial charge in [-0.05, 0) is 67.8 Å². The third kappa shape index (κ3) is 8.97. The van der Waals surface area contributed by atoms with Crippen molar-refractivity contribution in [3.8, 4) is 5.75 Å². The van der Waals surface area contributed by atoms with E-state index in [1.54, 1.807) is 36.4 Å². The van der Waals surface area contributed by atoms with Crippen LogP contribution in [0.1, 0.15) is 42.0 Å². The zero-order chi connectivity index (χ0) is 33.1. The highest BCUT2D eigenvalue weighted by atomic mass is 32.2. The molecule has 0 aliphatic carbocycles. The van der Waals surface area contributed by atoms with E-state index in [1.165, 1.54) is 24.1 Å². The first-order chi connectivity index (χ1) is 22.1. The number of carbonyl (C=O) groups is 2. The second-order valence-electron chi connectivity index (χ2n) is 11.4. The van der Waals surface area contributed by atoms with E-state index in [9.17, 15) is 18.0 Å². The van der Waals surface area contributed by atoms with Crippen molar-refractivity contribution in [2.24, 2.45) is 0 Å². The Balaban J connectivity index is 1.78. The summed E-state index contributed by atoms with van der Waals surface area (Å²) in [5.41, 5.74) is 4.04. The van der Waals surface area contributed by atoms with Crippen LogP contribution >= 0.6 is 0 Å². The van der Waals surface area contributed by atoms with Crippen LogP contribution < -0.4 is 14.4 Å². The summed E-state index contributed by atoms with van der Waals surface area (Å²) in [5.74, 6) is -0.261. The number of rotatable bonds is 15. The van der Waals surface area contributed by atoms with Crippen molar-refractivity contribution in [3.63, 3.8) is 0 Å². The van der Waals surface area contributed by atoms with Gasteiger partial charge in [0.15, 0.2) is 0 Å². The molecule has 0 radical (unpaired) electrons. The van der Waals surface area contributed by atoms with Gasteiger partial charge in [0.05, 0.1) is 17.7 Å². The Morgan fingerprint density at radius 3 is 2.13 bits per heavy atom. The molecular weight excluding hydrogens is 598 g/mol. The van der Waals surface area contributed by atoms with Crippen molar-refractivity contribution in [3.05, 3.63) is 125 Å². The number of hydrogen-bond acceptors (Lipinski definition) is 5. The molecule has 242 valence electrons. The average Bonchev–Trinajstić information content (AvgIpc) is 3.06. The number of ether oxygens (including phenoxy) is 1. The van der Waals surface area contributed by atoms with Crippen LogP contribution in [0, 0.1) is 13.8 Å². The number of anilines is 1. The summed E-state index contributed by atoms with van der Waals surface area (Å²) in [6.45, 7) is 6.03. The van der Waals surface area contributed by atoms with E-state index in [0.29, 0.717) is 18.0 Å². The van der Waals surface area contributed by atoms with Gasteiger partial charge in [0.1, 0.15) is 18.3 Å². The second kappa shape index (κ2) is 16.1. The smallest absolute Gasteiger partial charge is 0.264 e. The standard InChI is InChI=1S/C37H43N3O5S/c1-5-6-23-38-37(42)35(25-30-12-8-7-9-13-30)39(26-31-14-10-11-29(3)24-31)36(41)27-40(32-17-15-28(2)16-18-32)46(43,44)34-21-19-33(45-4)20-22-34/h7-22,24,35H,5-6,23,25-27H2,1-4H3,(H,38,42)/t35-/m1/s1. The predicted octanol–water partition coefficient (Wildman–Crippen LogP) is 6.06. The van der Waals surface area contributed by atoms with Crippen LogP contribution in [0.2, 0.25) is 0 Å². The van der Waals surface area contributed by atoms with Gasteiger partial charge in [0.25, 0.3) is 10.0 Å². The molecule has 4 rings (SSSR count). The van der Waals surface area contributed by atoms with Crippen molar-refractivity contribution < 1.29 is 22.7 Å². The van der Waals surface area contributed by atoms with Crippen LogP contribution in [-0.4, -0.2) is 51.4 Å². The topological polar surface area (TPSA) is 96.0 Å². The number of hydrogen-bond donors (Lipinski definition) is 1. The number of nitrogens with zero attached hydrogens (tertiary/aromatic N) is 2. The Morgan fingerprint density at radius 2 is 1.50 bits per heavy atom. The van der Waals surface area contributed by atoms with E-state index in [1.807, 2.05) is 75.4 Å². The molecule has 4 aromatic rings. The first-order valence-corrected chi connectivity index (χ1v) is 17.0. The maximum Gasteiger partial charge on any atom is 0.264 e. The molecule has 4 aromatic carbocycles. The van der Waals surface area contributed by atoms with Crippen molar-refractivity contribution in [1.29, 1.82) is 0 Å². The number of aryl methyl sites for hydroxylation is 2. The molecular formula is C37H43N3O5S. The van der Waals surface area contributed by atoms with Gasteiger partial charge in [-0.2, -0.15) is 0 Å². The first kappa shape index (κ1) is 34.2. The normalized spacial score (nSPS) is 11.8. The van der Waals surface area contributed by atoms with Gasteiger partial charge >= 0.3 is 0 Å². The lowest BCUT2D eigenvalue weighted by molar-refractivity contribution is -0.140. The van der Waals surface area contributed by atoms with Crippen molar-refractivity contribution in [2.75, 3.05) is 24.5 Å². The Hall–Kier alpha value is -4.63. The Bertz CT molecular complexity index is 1690. The number of nitrogens with one attached hydrogen (secondary N) is 1. The van der Waals surface area contributed by atoms with Gasteiger partial charge in [-0.3, -0.25) is 13.9 Å². The largest absolute Gasteiger partial charge is 0.497 e. The number of benzene rings is 4. The van der Waals surface area contributed by atoms with E-state index in [2.05, 4.69) is 5.32 Å².